The van der Waals surface area contributed by atoms with Gasteiger partial charge in [0.05, 0.1) is 10.8 Å². The van der Waals surface area contributed by atoms with Gasteiger partial charge in [0.2, 0.25) is 11.8 Å². The molecule has 0 bridgehead atoms. The van der Waals surface area contributed by atoms with Crippen LogP contribution in [-0.2, 0) is 10.3 Å². The van der Waals surface area contributed by atoms with E-state index >= 15 is 0 Å². The van der Waals surface area contributed by atoms with E-state index in [-0.39, 0.29) is 17.7 Å². The summed E-state index contributed by atoms with van der Waals surface area (Å²) in [5.41, 5.74) is -0.548. The third-order valence-electron chi connectivity index (χ3n) is 5.84. The molecule has 1 aliphatic carbocycles. The number of nitrogens with zero attached hydrogens (tertiary/aromatic N) is 3. The lowest BCUT2D eigenvalue weighted by molar-refractivity contribution is -0.129. The van der Waals surface area contributed by atoms with E-state index in [0.717, 1.165) is 49.8 Å². The zero-order chi connectivity index (χ0) is 19.6. The quantitative estimate of drug-likeness (QED) is 0.848. The van der Waals surface area contributed by atoms with Gasteiger partial charge < -0.3 is 14.7 Å². The van der Waals surface area contributed by atoms with E-state index in [0.29, 0.717) is 24.8 Å². The summed E-state index contributed by atoms with van der Waals surface area (Å²) in [6.07, 6.45) is 6.49. The summed E-state index contributed by atoms with van der Waals surface area (Å²) in [7, 11) is 0. The van der Waals surface area contributed by atoms with Gasteiger partial charge in [0, 0.05) is 20.0 Å². The molecule has 2 aromatic rings. The van der Waals surface area contributed by atoms with Crippen LogP contribution in [0.25, 0.3) is 0 Å². The molecule has 0 spiro atoms. The molecule has 28 heavy (non-hydrogen) atoms. The molecule has 0 radical (unpaired) electrons. The molecule has 150 valence electrons. The number of hydrogen-bond donors (Lipinski definition) is 1. The summed E-state index contributed by atoms with van der Waals surface area (Å²) in [4.78, 5) is 32.8. The van der Waals surface area contributed by atoms with E-state index in [1.54, 1.807) is 6.92 Å². The van der Waals surface area contributed by atoms with Gasteiger partial charge >= 0.3 is 0 Å². The van der Waals surface area contributed by atoms with E-state index in [1.165, 1.54) is 11.3 Å². The molecule has 1 atom stereocenters. The number of aromatic nitrogens is 2. The number of carbonyl (C=O) groups is 2. The average molecular weight is 403 g/mol. The Morgan fingerprint density at radius 3 is 2.79 bits per heavy atom. The van der Waals surface area contributed by atoms with Crippen LogP contribution in [0.2, 0.25) is 0 Å². The second-order valence-electron chi connectivity index (χ2n) is 7.84. The molecule has 8 heteroatoms. The predicted molar refractivity (Wildman–Crippen MR) is 105 cm³/mol. The number of piperidine rings is 1. The molecule has 7 nitrogen and oxygen atoms in total. The van der Waals surface area contributed by atoms with Crippen molar-refractivity contribution in [2.24, 2.45) is 5.92 Å². The Hall–Kier alpha value is -2.22. The van der Waals surface area contributed by atoms with E-state index < -0.39 is 5.54 Å². The lowest BCUT2D eigenvalue weighted by Crippen LogP contribution is -2.53. The Bertz CT molecular complexity index is 826. The number of rotatable bonds is 4. The van der Waals surface area contributed by atoms with Crippen LogP contribution >= 0.6 is 11.3 Å². The van der Waals surface area contributed by atoms with Crippen LogP contribution in [0.3, 0.4) is 0 Å². The molecule has 1 saturated carbocycles. The Kier molecular flexibility index (Phi) is 5.48. The van der Waals surface area contributed by atoms with Crippen molar-refractivity contribution in [2.75, 3.05) is 13.1 Å². The highest BCUT2D eigenvalue weighted by Crippen LogP contribution is 2.36. The highest BCUT2D eigenvalue weighted by Gasteiger charge is 2.41. The molecular formula is C20H26N4O3S. The van der Waals surface area contributed by atoms with Crippen molar-refractivity contribution in [3.63, 3.8) is 0 Å². The van der Waals surface area contributed by atoms with Crippen molar-refractivity contribution in [3.05, 3.63) is 34.1 Å². The zero-order valence-electron chi connectivity index (χ0n) is 16.1. The Balaban J connectivity index is 1.47. The first-order chi connectivity index (χ1) is 13.6. The molecule has 0 aromatic carbocycles. The fourth-order valence-electron chi connectivity index (χ4n) is 4.32. The SMILES string of the molecule is Cc1nc(C2(NC(=O)[C@H]3CCCN(C(=O)c4cccs4)C3)CCCCC2)no1. The van der Waals surface area contributed by atoms with Crippen LogP contribution in [0.4, 0.5) is 0 Å². The molecule has 2 fully saturated rings. The number of amides is 2. The van der Waals surface area contributed by atoms with E-state index in [2.05, 4.69) is 15.5 Å². The lowest BCUT2D eigenvalue weighted by atomic mass is 9.80. The maximum Gasteiger partial charge on any atom is 0.263 e. The van der Waals surface area contributed by atoms with E-state index in [1.807, 2.05) is 22.4 Å². The third kappa shape index (κ3) is 3.83. The summed E-state index contributed by atoms with van der Waals surface area (Å²) < 4.78 is 5.20. The molecule has 0 unspecified atom stereocenters. The number of aryl methyl sites for hydroxylation is 1. The summed E-state index contributed by atoms with van der Waals surface area (Å²) in [6, 6.07) is 3.72. The van der Waals surface area contributed by atoms with Gasteiger partial charge in [-0.25, -0.2) is 0 Å². The molecule has 2 aromatic heterocycles. The first-order valence-corrected chi connectivity index (χ1v) is 10.9. The maximum absolute atomic E-state index is 13.2. The summed E-state index contributed by atoms with van der Waals surface area (Å²) in [5.74, 6) is 0.908. The van der Waals surface area contributed by atoms with Crippen LogP contribution in [0.5, 0.6) is 0 Å². The standard InChI is InChI=1S/C20H26N4O3S/c1-14-21-19(23-27-14)20(9-3-2-4-10-20)22-17(25)15-7-5-11-24(13-15)18(26)16-8-6-12-28-16/h6,8,12,15H,2-5,7,9-11,13H2,1H3,(H,22,25)/t15-/m0/s1. The summed E-state index contributed by atoms with van der Waals surface area (Å²) in [6.45, 7) is 2.93. The normalized spacial score (nSPS) is 22.0. The first kappa shape index (κ1) is 19.1. The minimum absolute atomic E-state index is 0.00645. The lowest BCUT2D eigenvalue weighted by Gasteiger charge is -2.38. The molecule has 1 saturated heterocycles. The van der Waals surface area contributed by atoms with Crippen LogP contribution < -0.4 is 5.32 Å². The van der Waals surface area contributed by atoms with Gasteiger partial charge in [-0.15, -0.1) is 11.3 Å². The van der Waals surface area contributed by atoms with Gasteiger partial charge in [0.15, 0.2) is 5.82 Å². The van der Waals surface area contributed by atoms with Crippen molar-refractivity contribution in [1.29, 1.82) is 0 Å². The number of thiophene rings is 1. The second-order valence-corrected chi connectivity index (χ2v) is 8.78. The second kappa shape index (κ2) is 8.03. The number of nitrogens with one attached hydrogen (secondary N) is 1. The van der Waals surface area contributed by atoms with Gasteiger partial charge in [-0.3, -0.25) is 9.59 Å². The van der Waals surface area contributed by atoms with Crippen LogP contribution in [0.1, 0.15) is 66.3 Å². The van der Waals surface area contributed by atoms with Crippen LogP contribution in [0, 0.1) is 12.8 Å². The van der Waals surface area contributed by atoms with Crippen LogP contribution in [-0.4, -0.2) is 39.9 Å². The van der Waals surface area contributed by atoms with Crippen LogP contribution in [0.15, 0.2) is 22.0 Å². The molecule has 1 aliphatic heterocycles. The molecule has 2 aliphatic rings. The van der Waals surface area contributed by atoms with Crippen molar-refractivity contribution in [3.8, 4) is 0 Å². The largest absolute Gasteiger partial charge is 0.343 e. The number of carbonyl (C=O) groups excluding carboxylic acids is 2. The number of likely N-dealkylation sites (tertiary alicyclic amines) is 1. The molecular weight excluding hydrogens is 376 g/mol. The minimum Gasteiger partial charge on any atom is -0.343 e. The first-order valence-electron chi connectivity index (χ1n) is 10.0. The maximum atomic E-state index is 13.2. The molecule has 4 rings (SSSR count). The third-order valence-corrected chi connectivity index (χ3v) is 6.69. The van der Waals surface area contributed by atoms with Crippen molar-refractivity contribution in [1.82, 2.24) is 20.4 Å². The van der Waals surface area contributed by atoms with Gasteiger partial charge in [-0.2, -0.15) is 4.98 Å². The molecule has 2 amide bonds. The minimum atomic E-state index is -0.548. The molecule has 3 heterocycles. The average Bonchev–Trinajstić information content (AvgIpc) is 3.40. The van der Waals surface area contributed by atoms with Gasteiger partial charge in [0.1, 0.15) is 5.54 Å². The fraction of sp³-hybridized carbons (Fsp3) is 0.600. The topological polar surface area (TPSA) is 88.3 Å². The highest BCUT2D eigenvalue weighted by molar-refractivity contribution is 7.12. The Morgan fingerprint density at radius 1 is 1.29 bits per heavy atom. The Labute approximate surface area is 168 Å². The van der Waals surface area contributed by atoms with E-state index in [9.17, 15) is 9.59 Å². The summed E-state index contributed by atoms with van der Waals surface area (Å²) in [5, 5.41) is 9.29. The van der Waals surface area contributed by atoms with E-state index in [4.69, 9.17) is 4.52 Å². The van der Waals surface area contributed by atoms with Crippen molar-refractivity contribution >= 4 is 23.2 Å². The fourth-order valence-corrected chi connectivity index (χ4v) is 5.01. The smallest absolute Gasteiger partial charge is 0.263 e. The summed E-state index contributed by atoms with van der Waals surface area (Å²) >= 11 is 1.44. The van der Waals surface area contributed by atoms with Crippen molar-refractivity contribution < 1.29 is 14.1 Å². The Morgan fingerprint density at radius 2 is 2.11 bits per heavy atom. The number of hydrogen-bond acceptors (Lipinski definition) is 6. The monoisotopic (exact) mass is 402 g/mol. The van der Waals surface area contributed by atoms with Gasteiger partial charge in [-0.1, -0.05) is 30.5 Å². The van der Waals surface area contributed by atoms with Gasteiger partial charge in [-0.05, 0) is 37.1 Å². The molecule has 1 N–H and O–H groups in total. The zero-order valence-corrected chi connectivity index (χ0v) is 17.0. The van der Waals surface area contributed by atoms with Gasteiger partial charge in [0.25, 0.3) is 5.91 Å². The highest BCUT2D eigenvalue weighted by atomic mass is 32.1. The van der Waals surface area contributed by atoms with Crippen molar-refractivity contribution in [2.45, 2.75) is 57.4 Å². The predicted octanol–water partition coefficient (Wildman–Crippen LogP) is 3.27.